The highest BCUT2D eigenvalue weighted by Gasteiger charge is 2.66. The van der Waals surface area contributed by atoms with Crippen LogP contribution in [0.2, 0.25) is 0 Å². The zero-order chi connectivity index (χ0) is 25.0. The van der Waals surface area contributed by atoms with Gasteiger partial charge in [-0.25, -0.2) is 9.59 Å². The Morgan fingerprint density at radius 1 is 0.778 bits per heavy atom. The number of carbonyl (C=O) groups excluding carboxylic acids is 2. The zero-order valence-corrected chi connectivity index (χ0v) is 21.3. The van der Waals surface area contributed by atoms with Gasteiger partial charge in [-0.2, -0.15) is 0 Å². The van der Waals surface area contributed by atoms with Crippen molar-refractivity contribution in [1.29, 1.82) is 0 Å². The van der Waals surface area contributed by atoms with Crippen molar-refractivity contribution in [3.8, 4) is 0 Å². The molecule has 8 heterocycles. The molecule has 6 saturated heterocycles. The third-order valence-corrected chi connectivity index (χ3v) is 9.39. The van der Waals surface area contributed by atoms with E-state index in [9.17, 15) is 9.59 Å². The Hall–Kier alpha value is -2.46. The number of hydrogen-bond donors (Lipinski definition) is 0. The first kappa shape index (κ1) is 23.9. The SMILES string of the molecule is CCC1=NOC2(C1)CN1CCC2(OC(=O)/C=C/C(=O)OC23CCN(CC2)CC32CC(CC)=NO2)CC1. The number of fused-ring (bicyclic) bond motifs is 4. The van der Waals surface area contributed by atoms with E-state index >= 15 is 0 Å². The van der Waals surface area contributed by atoms with Gasteiger partial charge in [0.15, 0.2) is 22.4 Å². The lowest BCUT2D eigenvalue weighted by atomic mass is 9.68. The summed E-state index contributed by atoms with van der Waals surface area (Å²) in [5.74, 6) is -1.09. The second-order valence-electron chi connectivity index (χ2n) is 11.3. The molecule has 0 aromatic heterocycles. The summed E-state index contributed by atoms with van der Waals surface area (Å²) in [5, 5.41) is 8.58. The molecule has 196 valence electrons. The summed E-state index contributed by atoms with van der Waals surface area (Å²) >= 11 is 0. The van der Waals surface area contributed by atoms with E-state index in [1.54, 1.807) is 0 Å². The molecular formula is C26H36N4O6. The number of ether oxygens (including phenoxy) is 2. The van der Waals surface area contributed by atoms with Gasteiger partial charge in [0.05, 0.1) is 11.4 Å². The molecule has 0 amide bonds. The van der Waals surface area contributed by atoms with Gasteiger partial charge in [-0.1, -0.05) is 24.2 Å². The minimum atomic E-state index is -0.738. The minimum absolute atomic E-state index is 0.547. The molecule has 8 aliphatic rings. The number of carbonyl (C=O) groups is 2. The van der Waals surface area contributed by atoms with Crippen LogP contribution in [-0.4, -0.2) is 94.8 Å². The first-order valence-electron chi connectivity index (χ1n) is 13.4. The van der Waals surface area contributed by atoms with E-state index in [0.717, 1.165) is 50.4 Å². The number of hydrogen-bond acceptors (Lipinski definition) is 10. The summed E-state index contributed by atoms with van der Waals surface area (Å²) in [6, 6.07) is 0. The molecule has 4 bridgehead atoms. The molecule has 0 N–H and O–H groups in total. The van der Waals surface area contributed by atoms with Crippen molar-refractivity contribution < 1.29 is 28.7 Å². The van der Waals surface area contributed by atoms with Crippen molar-refractivity contribution in [2.24, 2.45) is 10.3 Å². The molecule has 0 aliphatic carbocycles. The molecule has 10 nitrogen and oxygen atoms in total. The summed E-state index contributed by atoms with van der Waals surface area (Å²) in [6.45, 7) is 8.93. The molecule has 36 heavy (non-hydrogen) atoms. The molecule has 0 saturated carbocycles. The Balaban J connectivity index is 1.14. The van der Waals surface area contributed by atoms with Crippen LogP contribution in [0.25, 0.3) is 0 Å². The van der Waals surface area contributed by atoms with Crippen LogP contribution in [0.15, 0.2) is 22.5 Å². The van der Waals surface area contributed by atoms with Crippen molar-refractivity contribution >= 4 is 23.4 Å². The number of rotatable bonds is 6. The van der Waals surface area contributed by atoms with Gasteiger partial charge in [-0.3, -0.25) is 9.80 Å². The maximum atomic E-state index is 13.0. The highest BCUT2D eigenvalue weighted by Crippen LogP contribution is 2.50. The molecular weight excluding hydrogens is 464 g/mol. The largest absolute Gasteiger partial charge is 0.451 e. The third-order valence-electron chi connectivity index (χ3n) is 9.39. The third kappa shape index (κ3) is 3.59. The number of oxime groups is 2. The van der Waals surface area contributed by atoms with Crippen molar-refractivity contribution in [3.63, 3.8) is 0 Å². The molecule has 8 rings (SSSR count). The first-order valence-corrected chi connectivity index (χ1v) is 13.4. The van der Waals surface area contributed by atoms with E-state index in [2.05, 4.69) is 34.0 Å². The Bertz CT molecular complexity index is 943. The van der Waals surface area contributed by atoms with Crippen LogP contribution >= 0.6 is 0 Å². The van der Waals surface area contributed by atoms with Crippen LogP contribution in [-0.2, 0) is 28.7 Å². The standard InChI is InChI=1S/C26H36N4O6/c1-3-19-15-25(35-27-19)17-29-11-7-23(25,8-12-29)33-21(31)5-6-22(32)34-24-9-13-30(14-10-24)18-26(24)16-20(4-2)28-36-26/h5-6H,3-4,7-18H2,1-2H3/b6-5+. The molecule has 10 heteroatoms. The van der Waals surface area contributed by atoms with Crippen LogP contribution in [0.1, 0.15) is 65.2 Å². The quantitative estimate of drug-likeness (QED) is 0.404. The molecule has 0 aromatic carbocycles. The Morgan fingerprint density at radius 3 is 1.50 bits per heavy atom. The van der Waals surface area contributed by atoms with Crippen molar-refractivity contribution in [3.05, 3.63) is 12.2 Å². The molecule has 2 unspecified atom stereocenters. The number of nitrogens with zero attached hydrogens (tertiary/aromatic N) is 4. The minimum Gasteiger partial charge on any atom is -0.451 e. The summed E-state index contributed by atoms with van der Waals surface area (Å²) in [4.78, 5) is 42.6. The lowest BCUT2D eigenvalue weighted by molar-refractivity contribution is -0.246. The lowest BCUT2D eigenvalue weighted by Gasteiger charge is -2.56. The van der Waals surface area contributed by atoms with Crippen LogP contribution < -0.4 is 0 Å². The summed E-state index contributed by atoms with van der Waals surface area (Å²) in [6.07, 6.45) is 8.15. The van der Waals surface area contributed by atoms with Gasteiger partial charge < -0.3 is 19.1 Å². The van der Waals surface area contributed by atoms with Crippen LogP contribution in [0.4, 0.5) is 0 Å². The fraction of sp³-hybridized carbons (Fsp3) is 0.769. The van der Waals surface area contributed by atoms with Gasteiger partial charge in [-0.05, 0) is 12.8 Å². The van der Waals surface area contributed by atoms with Crippen molar-refractivity contribution in [1.82, 2.24) is 9.80 Å². The predicted molar refractivity (Wildman–Crippen MR) is 130 cm³/mol. The first-order chi connectivity index (χ1) is 17.3. The molecule has 0 radical (unpaired) electrons. The molecule has 6 fully saturated rings. The smallest absolute Gasteiger partial charge is 0.331 e. The lowest BCUT2D eigenvalue weighted by Crippen LogP contribution is -2.71. The molecule has 2 spiro atoms. The maximum absolute atomic E-state index is 13.0. The second kappa shape index (κ2) is 8.55. The number of esters is 2. The molecule has 0 aromatic rings. The van der Waals surface area contributed by atoms with Crippen LogP contribution in [0.5, 0.6) is 0 Å². The van der Waals surface area contributed by atoms with Crippen LogP contribution in [0.3, 0.4) is 0 Å². The topological polar surface area (TPSA) is 102 Å². The zero-order valence-electron chi connectivity index (χ0n) is 21.3. The van der Waals surface area contributed by atoms with Crippen molar-refractivity contribution in [2.45, 2.75) is 87.6 Å². The average molecular weight is 501 g/mol. The fourth-order valence-corrected chi connectivity index (χ4v) is 7.18. The van der Waals surface area contributed by atoms with E-state index in [4.69, 9.17) is 19.1 Å². The second-order valence-corrected chi connectivity index (χ2v) is 11.3. The monoisotopic (exact) mass is 500 g/mol. The Morgan fingerprint density at radius 2 is 1.17 bits per heavy atom. The summed E-state index contributed by atoms with van der Waals surface area (Å²) in [5.41, 5.74) is -0.770. The van der Waals surface area contributed by atoms with E-state index in [1.165, 1.54) is 12.2 Å². The van der Waals surface area contributed by atoms with E-state index in [-0.39, 0.29) is 0 Å². The van der Waals surface area contributed by atoms with E-state index in [0.29, 0.717) is 51.6 Å². The maximum Gasteiger partial charge on any atom is 0.331 e. The predicted octanol–water partition coefficient (Wildman–Crippen LogP) is 2.18. The van der Waals surface area contributed by atoms with Gasteiger partial charge in [0.1, 0.15) is 0 Å². The van der Waals surface area contributed by atoms with Crippen LogP contribution in [0, 0.1) is 0 Å². The Labute approximate surface area is 211 Å². The molecule has 2 atom stereocenters. The van der Waals surface area contributed by atoms with Gasteiger partial charge in [0, 0.05) is 89.9 Å². The fourth-order valence-electron chi connectivity index (χ4n) is 7.18. The van der Waals surface area contributed by atoms with E-state index < -0.39 is 34.3 Å². The normalized spacial score (nSPS) is 42.4. The highest BCUT2D eigenvalue weighted by molar-refractivity contribution is 5.92. The Kier molecular flexibility index (Phi) is 5.68. The molecule has 8 aliphatic heterocycles. The van der Waals surface area contributed by atoms with Gasteiger partial charge in [0.2, 0.25) is 0 Å². The number of piperidine rings is 6. The average Bonchev–Trinajstić information content (AvgIpc) is 3.50. The van der Waals surface area contributed by atoms with E-state index in [1.807, 2.05) is 0 Å². The summed E-state index contributed by atoms with van der Waals surface area (Å²) in [7, 11) is 0. The van der Waals surface area contributed by atoms with Gasteiger partial charge in [0.25, 0.3) is 0 Å². The van der Waals surface area contributed by atoms with Crippen molar-refractivity contribution in [2.75, 3.05) is 39.3 Å². The summed E-state index contributed by atoms with van der Waals surface area (Å²) < 4.78 is 12.2. The highest BCUT2D eigenvalue weighted by atomic mass is 16.7. The van der Waals surface area contributed by atoms with Gasteiger partial charge >= 0.3 is 11.9 Å². The van der Waals surface area contributed by atoms with Gasteiger partial charge in [-0.15, -0.1) is 0 Å².